The third kappa shape index (κ3) is 3.36. The summed E-state index contributed by atoms with van der Waals surface area (Å²) in [6.07, 6.45) is -0.706. The van der Waals surface area contributed by atoms with Gasteiger partial charge in [-0.1, -0.05) is 62.4 Å². The minimum Gasteiger partial charge on any atom is -0.480 e. The van der Waals surface area contributed by atoms with Crippen molar-refractivity contribution in [3.05, 3.63) is 59.7 Å². The number of benzene rings is 2. The Bertz CT molecular complexity index is 754. The van der Waals surface area contributed by atoms with Gasteiger partial charge >= 0.3 is 12.1 Å². The van der Waals surface area contributed by atoms with E-state index in [-0.39, 0.29) is 18.4 Å². The summed E-state index contributed by atoms with van der Waals surface area (Å²) in [4.78, 5) is 23.2. The predicted octanol–water partition coefficient (Wildman–Crippen LogP) is 3.63. The standard InChI is InChI=1S/C20H21NO4/c1-12(2)18(19(22)23)21-20(24)25-11-17-15-9-5-3-7-13(15)14-8-4-6-10-16(14)17/h3-10,12,17-18H,11H2,1-2H3,(H,21,24)(H,22,23)/t18-/m0/s1/i1+2,2+2,12+2,18+2,19+2. The molecule has 0 aliphatic heterocycles. The van der Waals surface area contributed by atoms with Crippen LogP contribution < -0.4 is 5.32 Å². The number of carboxylic acids is 1. The SMILES string of the molecule is [14CH3][14CH]([14CH3])[14C@H](NC(=O)OCC1c2ccccc2-c2ccccc21)[14C](=O)O. The highest BCUT2D eigenvalue weighted by atomic mass is 16.7. The van der Waals surface area contributed by atoms with Crippen LogP contribution in [0.4, 0.5) is 4.79 Å². The Morgan fingerprint density at radius 1 is 1.12 bits per heavy atom. The van der Waals surface area contributed by atoms with E-state index < -0.39 is 18.1 Å². The molecule has 0 radical (unpaired) electrons. The van der Waals surface area contributed by atoms with Crippen LogP contribution in [0.3, 0.4) is 0 Å². The van der Waals surface area contributed by atoms with E-state index in [0.717, 1.165) is 22.3 Å². The van der Waals surface area contributed by atoms with Crippen LogP contribution in [0.15, 0.2) is 48.5 Å². The van der Waals surface area contributed by atoms with Crippen LogP contribution in [0.2, 0.25) is 0 Å². The molecule has 5 nitrogen and oxygen atoms in total. The Hall–Kier alpha value is -2.82. The van der Waals surface area contributed by atoms with Crippen molar-refractivity contribution in [3.63, 3.8) is 0 Å². The van der Waals surface area contributed by atoms with Gasteiger partial charge < -0.3 is 15.2 Å². The maximum atomic E-state index is 12.0. The number of carbonyl (C=O) groups is 2. The smallest absolute Gasteiger partial charge is 0.407 e. The summed E-state index contributed by atoms with van der Waals surface area (Å²) in [6.45, 7) is 3.65. The molecule has 1 amide bonds. The number of ether oxygens (including phenoxy) is 1. The molecule has 0 unspecified atom stereocenters. The van der Waals surface area contributed by atoms with Crippen LogP contribution in [-0.2, 0) is 9.53 Å². The van der Waals surface area contributed by atoms with E-state index in [1.54, 1.807) is 13.8 Å². The van der Waals surface area contributed by atoms with Crippen molar-refractivity contribution in [1.29, 1.82) is 0 Å². The molecule has 130 valence electrons. The molecule has 0 fully saturated rings. The Labute approximate surface area is 146 Å². The average Bonchev–Trinajstić information content (AvgIpc) is 2.91. The Balaban J connectivity index is 1.73. The number of alkyl carbamates (subject to hydrolysis) is 1. The lowest BCUT2D eigenvalue weighted by Crippen LogP contribution is -2.44. The van der Waals surface area contributed by atoms with Gasteiger partial charge in [0.1, 0.15) is 12.6 Å². The molecule has 1 aliphatic rings. The molecule has 0 saturated heterocycles. The monoisotopic (exact) mass is 349 g/mol. The zero-order chi connectivity index (χ0) is 18.0. The lowest BCUT2D eigenvalue weighted by atomic mass is 9.98. The van der Waals surface area contributed by atoms with Crippen LogP contribution in [0, 0.1) is 5.92 Å². The minimum absolute atomic E-state index is 0.0412. The number of rotatable bonds is 5. The van der Waals surface area contributed by atoms with Gasteiger partial charge in [-0.3, -0.25) is 0 Å². The topological polar surface area (TPSA) is 75.6 Å². The van der Waals surface area contributed by atoms with Crippen molar-refractivity contribution in [3.8, 4) is 11.1 Å². The molecule has 2 aromatic rings. The number of carboxylic acid groups (broad SMARTS) is 1. The van der Waals surface area contributed by atoms with E-state index in [2.05, 4.69) is 17.4 Å². The predicted molar refractivity (Wildman–Crippen MR) is 94.5 cm³/mol. The molecule has 3 rings (SSSR count). The first-order valence-corrected chi connectivity index (χ1v) is 8.33. The maximum Gasteiger partial charge on any atom is 0.407 e. The van der Waals surface area contributed by atoms with E-state index in [9.17, 15) is 9.59 Å². The van der Waals surface area contributed by atoms with Gasteiger partial charge in [-0.2, -0.15) is 0 Å². The normalized spacial score (nSPS) is 13.9. The fraction of sp³-hybridized carbons (Fsp3) is 0.300. The zero-order valence-electron chi connectivity index (χ0n) is 14.2. The van der Waals surface area contributed by atoms with Gasteiger partial charge in [-0.15, -0.1) is 0 Å². The van der Waals surface area contributed by atoms with Crippen LogP contribution >= 0.6 is 0 Å². The molecule has 0 aromatic heterocycles. The minimum atomic E-state index is -1.07. The molecule has 0 saturated carbocycles. The van der Waals surface area contributed by atoms with Gasteiger partial charge in [0.05, 0.1) is 0 Å². The fourth-order valence-corrected chi connectivity index (χ4v) is 3.28. The van der Waals surface area contributed by atoms with Crippen LogP contribution in [0.5, 0.6) is 0 Å². The highest BCUT2D eigenvalue weighted by molar-refractivity contribution is 5.81. The molecular weight excluding hydrogens is 328 g/mol. The Morgan fingerprint density at radius 3 is 2.12 bits per heavy atom. The number of fused-ring (bicyclic) bond motifs is 3. The van der Waals surface area contributed by atoms with E-state index in [1.807, 2.05) is 36.4 Å². The summed E-state index contributed by atoms with van der Waals surface area (Å²) in [7, 11) is 0. The number of carbonyl (C=O) groups excluding carboxylic acids is 1. The van der Waals surface area contributed by atoms with E-state index in [4.69, 9.17) is 9.84 Å². The summed E-state index contributed by atoms with van der Waals surface area (Å²) in [6, 6.07) is 15.2. The van der Waals surface area contributed by atoms with Crippen LogP contribution in [0.25, 0.3) is 11.1 Å². The van der Waals surface area contributed by atoms with Gasteiger partial charge in [-0.05, 0) is 28.2 Å². The average molecular weight is 349 g/mol. The first kappa shape index (κ1) is 17.0. The fourth-order valence-electron chi connectivity index (χ4n) is 3.28. The molecular formula is C20H21NO4. The first-order valence-electron chi connectivity index (χ1n) is 8.33. The first-order chi connectivity index (χ1) is 12.0. The van der Waals surface area contributed by atoms with Gasteiger partial charge in [0, 0.05) is 5.92 Å². The lowest BCUT2D eigenvalue weighted by molar-refractivity contribution is -0.140. The lowest BCUT2D eigenvalue weighted by Gasteiger charge is -2.19. The van der Waals surface area contributed by atoms with Gasteiger partial charge in [0.2, 0.25) is 0 Å². The third-order valence-electron chi connectivity index (χ3n) is 4.55. The molecule has 25 heavy (non-hydrogen) atoms. The molecule has 2 N–H and O–H groups in total. The van der Waals surface area contributed by atoms with Crippen molar-refractivity contribution >= 4 is 12.1 Å². The Morgan fingerprint density at radius 2 is 1.64 bits per heavy atom. The van der Waals surface area contributed by atoms with Crippen molar-refractivity contribution in [2.75, 3.05) is 6.61 Å². The number of aliphatic carboxylic acids is 1. The van der Waals surface area contributed by atoms with E-state index >= 15 is 0 Å². The second-order valence-corrected chi connectivity index (χ2v) is 6.53. The van der Waals surface area contributed by atoms with Crippen molar-refractivity contribution in [2.45, 2.75) is 25.8 Å². The quantitative estimate of drug-likeness (QED) is 0.864. The second-order valence-electron chi connectivity index (χ2n) is 6.53. The van der Waals surface area contributed by atoms with Gasteiger partial charge in [0.15, 0.2) is 0 Å². The largest absolute Gasteiger partial charge is 0.480 e. The summed E-state index contributed by atoms with van der Waals surface area (Å²) in [5, 5.41) is 11.6. The molecule has 1 aliphatic carbocycles. The Kier molecular flexibility index (Phi) is 4.74. The molecule has 1 atom stereocenters. The summed E-state index contributed by atoms with van der Waals surface area (Å²) >= 11 is 0. The van der Waals surface area contributed by atoms with E-state index in [0.29, 0.717) is 0 Å². The summed E-state index contributed by atoms with van der Waals surface area (Å²) in [5.74, 6) is -1.33. The number of hydrogen-bond donors (Lipinski definition) is 2. The second kappa shape index (κ2) is 6.97. The van der Waals surface area contributed by atoms with Gasteiger partial charge in [-0.25, -0.2) is 9.59 Å². The highest BCUT2D eigenvalue weighted by Gasteiger charge is 2.30. The molecule has 5 heteroatoms. The van der Waals surface area contributed by atoms with Crippen molar-refractivity contribution in [1.82, 2.24) is 5.32 Å². The summed E-state index contributed by atoms with van der Waals surface area (Å²) < 4.78 is 5.36. The van der Waals surface area contributed by atoms with E-state index in [1.165, 1.54) is 0 Å². The zero-order valence-corrected chi connectivity index (χ0v) is 14.2. The maximum absolute atomic E-state index is 12.0. The highest BCUT2D eigenvalue weighted by Crippen LogP contribution is 2.44. The number of hydrogen-bond acceptors (Lipinski definition) is 3. The molecule has 2 aromatic carbocycles. The molecule has 0 heterocycles. The van der Waals surface area contributed by atoms with Crippen molar-refractivity contribution < 1.29 is 19.4 Å². The number of nitrogens with one attached hydrogen (secondary N) is 1. The van der Waals surface area contributed by atoms with Crippen molar-refractivity contribution in [2.24, 2.45) is 5.92 Å². The summed E-state index contributed by atoms with van der Waals surface area (Å²) in [5.41, 5.74) is 4.54. The van der Waals surface area contributed by atoms with Crippen LogP contribution in [0.1, 0.15) is 30.9 Å². The number of amides is 1. The molecule has 0 bridgehead atoms. The van der Waals surface area contributed by atoms with Gasteiger partial charge in [0.25, 0.3) is 0 Å². The molecule has 0 spiro atoms. The van der Waals surface area contributed by atoms with Crippen LogP contribution in [-0.4, -0.2) is 29.8 Å². The third-order valence-corrected chi connectivity index (χ3v) is 4.55.